The Morgan fingerprint density at radius 3 is 2.79 bits per heavy atom. The molecule has 1 aliphatic rings. The summed E-state index contributed by atoms with van der Waals surface area (Å²) < 4.78 is 35.5. The number of halogens is 3. The molecule has 1 atom stereocenters. The SMILES string of the molecule is COC(=O)Nc1ccc2c(c1)NC(=O)CCCC[C@H](NC(=O)c1cnn(-c3cccc(Cl)c3F)c1)c1cc-2cnc1F. The molecule has 13 heteroatoms. The fourth-order valence-electron chi connectivity index (χ4n) is 4.64. The predicted octanol–water partition coefficient (Wildman–Crippen LogP) is 6.03. The number of ether oxygens (including phenoxy) is 1. The Kier molecular flexibility index (Phi) is 8.43. The lowest BCUT2D eigenvalue weighted by atomic mass is 9.96. The second kappa shape index (κ2) is 12.4. The normalized spacial score (nSPS) is 15.0. The lowest BCUT2D eigenvalue weighted by molar-refractivity contribution is -0.116. The quantitative estimate of drug-likeness (QED) is 0.248. The maximum Gasteiger partial charge on any atom is 0.411 e. The number of pyridine rings is 1. The molecule has 3 amide bonds. The van der Waals surface area contributed by atoms with Gasteiger partial charge in [-0.15, -0.1) is 0 Å². The van der Waals surface area contributed by atoms with Gasteiger partial charge in [-0.25, -0.2) is 18.9 Å². The number of amides is 3. The minimum Gasteiger partial charge on any atom is -0.453 e. The van der Waals surface area contributed by atoms with Gasteiger partial charge in [-0.1, -0.05) is 30.2 Å². The number of anilines is 2. The van der Waals surface area contributed by atoms with E-state index >= 15 is 4.39 Å². The number of fused-ring (bicyclic) bond motifs is 4. The first-order valence-corrected chi connectivity index (χ1v) is 13.4. The van der Waals surface area contributed by atoms with Gasteiger partial charge in [0.25, 0.3) is 5.91 Å². The molecule has 216 valence electrons. The predicted molar refractivity (Wildman–Crippen MR) is 151 cm³/mol. The molecular weight excluding hydrogens is 570 g/mol. The molecule has 2 bridgehead atoms. The molecule has 2 aromatic heterocycles. The fourth-order valence-corrected chi connectivity index (χ4v) is 4.81. The molecule has 1 aliphatic heterocycles. The van der Waals surface area contributed by atoms with Gasteiger partial charge in [-0.05, 0) is 43.2 Å². The number of carbonyl (C=O) groups excluding carboxylic acids is 3. The number of hydrogen-bond acceptors (Lipinski definition) is 6. The summed E-state index contributed by atoms with van der Waals surface area (Å²) in [7, 11) is 1.23. The number of nitrogens with one attached hydrogen (secondary N) is 3. The molecule has 2 aromatic carbocycles. The summed E-state index contributed by atoms with van der Waals surface area (Å²) >= 11 is 5.88. The van der Waals surface area contributed by atoms with Crippen LogP contribution in [0.4, 0.5) is 25.0 Å². The second-order valence-corrected chi connectivity index (χ2v) is 9.95. The number of carbonyl (C=O) groups is 3. The van der Waals surface area contributed by atoms with E-state index in [9.17, 15) is 18.8 Å². The number of nitrogens with zero attached hydrogens (tertiary/aromatic N) is 3. The van der Waals surface area contributed by atoms with Crippen molar-refractivity contribution < 1.29 is 27.9 Å². The molecule has 4 aromatic rings. The maximum atomic E-state index is 15.2. The highest BCUT2D eigenvalue weighted by atomic mass is 35.5. The average molecular weight is 595 g/mol. The molecule has 10 nitrogen and oxygen atoms in total. The van der Waals surface area contributed by atoms with E-state index in [4.69, 9.17) is 11.6 Å². The minimum atomic E-state index is -0.789. The average Bonchev–Trinajstić information content (AvgIpc) is 3.46. The number of aromatic nitrogens is 3. The van der Waals surface area contributed by atoms with E-state index in [1.807, 2.05) is 0 Å². The number of rotatable bonds is 4. The highest BCUT2D eigenvalue weighted by molar-refractivity contribution is 6.30. The van der Waals surface area contributed by atoms with Crippen LogP contribution in [0.25, 0.3) is 16.8 Å². The Balaban J connectivity index is 1.47. The lowest BCUT2D eigenvalue weighted by Gasteiger charge is -2.21. The van der Waals surface area contributed by atoms with Gasteiger partial charge in [-0.2, -0.15) is 9.49 Å². The Labute approximate surface area is 244 Å². The van der Waals surface area contributed by atoms with Crippen molar-refractivity contribution >= 4 is 40.9 Å². The van der Waals surface area contributed by atoms with Crippen LogP contribution in [-0.2, 0) is 9.53 Å². The van der Waals surface area contributed by atoms with E-state index in [1.54, 1.807) is 30.3 Å². The zero-order chi connectivity index (χ0) is 29.8. The fraction of sp³-hybridized carbons (Fsp3) is 0.207. The molecule has 0 spiro atoms. The largest absolute Gasteiger partial charge is 0.453 e. The molecule has 0 aliphatic carbocycles. The Bertz CT molecular complexity index is 1680. The minimum absolute atomic E-state index is 0.0670. The third kappa shape index (κ3) is 6.23. The van der Waals surface area contributed by atoms with Gasteiger partial charge >= 0.3 is 6.09 Å². The van der Waals surface area contributed by atoms with Crippen molar-refractivity contribution in [3.8, 4) is 16.8 Å². The first-order valence-electron chi connectivity index (χ1n) is 13.0. The van der Waals surface area contributed by atoms with Crippen LogP contribution in [0, 0.1) is 11.8 Å². The number of benzene rings is 2. The maximum absolute atomic E-state index is 15.2. The molecule has 0 saturated carbocycles. The standard InChI is InChI=1S/C29H25ClF2N6O4/c1-42-29(41)35-18-9-10-19-16-11-20(27(32)33-13-16)22(6-2-3-8-25(39)36-23(19)12-18)37-28(40)17-14-34-38(15-17)24-7-4-5-21(30)26(24)31/h4-5,7,9-15,22H,2-3,6,8H2,1H3,(H,35,41)(H,36,39)(H,37,40)/t22-/m0/s1. The topological polar surface area (TPSA) is 127 Å². The van der Waals surface area contributed by atoms with E-state index in [1.165, 1.54) is 42.5 Å². The molecule has 5 rings (SSSR count). The van der Waals surface area contributed by atoms with Crippen molar-refractivity contribution in [1.29, 1.82) is 0 Å². The summed E-state index contributed by atoms with van der Waals surface area (Å²) in [4.78, 5) is 41.6. The van der Waals surface area contributed by atoms with Crippen molar-refractivity contribution in [1.82, 2.24) is 20.1 Å². The summed E-state index contributed by atoms with van der Waals surface area (Å²) in [6.07, 6.45) is 4.74. The first kappa shape index (κ1) is 28.7. The summed E-state index contributed by atoms with van der Waals surface area (Å²) in [6.45, 7) is 0. The molecule has 0 radical (unpaired) electrons. The van der Waals surface area contributed by atoms with Crippen molar-refractivity contribution in [3.05, 3.63) is 89.0 Å². The summed E-state index contributed by atoms with van der Waals surface area (Å²) in [5.74, 6) is -2.24. The van der Waals surface area contributed by atoms with Crippen LogP contribution in [-0.4, -0.2) is 39.8 Å². The zero-order valence-corrected chi connectivity index (χ0v) is 23.0. The van der Waals surface area contributed by atoms with Crippen molar-refractivity contribution in [2.45, 2.75) is 31.7 Å². The summed E-state index contributed by atoms with van der Waals surface area (Å²) in [5, 5.41) is 12.2. The number of hydrogen-bond donors (Lipinski definition) is 3. The van der Waals surface area contributed by atoms with E-state index in [0.29, 0.717) is 41.8 Å². The molecule has 42 heavy (non-hydrogen) atoms. The van der Waals surface area contributed by atoms with E-state index < -0.39 is 29.8 Å². The molecule has 0 unspecified atom stereocenters. The van der Waals surface area contributed by atoms with Gasteiger partial charge in [0, 0.05) is 41.2 Å². The highest BCUT2D eigenvalue weighted by Crippen LogP contribution is 2.34. The van der Waals surface area contributed by atoms with Crippen LogP contribution in [0.5, 0.6) is 0 Å². The number of methoxy groups -OCH3 is 1. The van der Waals surface area contributed by atoms with Crippen molar-refractivity contribution in [2.75, 3.05) is 17.7 Å². The van der Waals surface area contributed by atoms with Gasteiger partial charge < -0.3 is 15.4 Å². The summed E-state index contributed by atoms with van der Waals surface area (Å²) in [6, 6.07) is 10.0. The van der Waals surface area contributed by atoms with E-state index in [-0.39, 0.29) is 34.2 Å². The Morgan fingerprint density at radius 1 is 1.14 bits per heavy atom. The second-order valence-electron chi connectivity index (χ2n) is 9.55. The smallest absolute Gasteiger partial charge is 0.411 e. The van der Waals surface area contributed by atoms with Crippen molar-refractivity contribution in [2.24, 2.45) is 0 Å². The van der Waals surface area contributed by atoms with Crippen LogP contribution < -0.4 is 16.0 Å². The van der Waals surface area contributed by atoms with E-state index in [0.717, 1.165) is 0 Å². The van der Waals surface area contributed by atoms with E-state index in [2.05, 4.69) is 30.8 Å². The third-order valence-corrected chi connectivity index (χ3v) is 7.04. The zero-order valence-electron chi connectivity index (χ0n) is 22.3. The molecule has 3 heterocycles. The van der Waals surface area contributed by atoms with Crippen LogP contribution in [0.3, 0.4) is 0 Å². The Morgan fingerprint density at radius 2 is 1.98 bits per heavy atom. The molecule has 0 fully saturated rings. The lowest BCUT2D eigenvalue weighted by Crippen LogP contribution is -2.29. The van der Waals surface area contributed by atoms with Crippen LogP contribution in [0.15, 0.2) is 61.1 Å². The van der Waals surface area contributed by atoms with Gasteiger partial charge in [-0.3, -0.25) is 14.9 Å². The van der Waals surface area contributed by atoms with Gasteiger partial charge in [0.05, 0.1) is 35.6 Å². The Hall–Kier alpha value is -4.84. The molecule has 0 saturated heterocycles. The van der Waals surface area contributed by atoms with Crippen LogP contribution >= 0.6 is 11.6 Å². The van der Waals surface area contributed by atoms with Crippen molar-refractivity contribution in [3.63, 3.8) is 0 Å². The van der Waals surface area contributed by atoms with Gasteiger partial charge in [0.1, 0.15) is 5.69 Å². The van der Waals surface area contributed by atoms with Crippen LogP contribution in [0.1, 0.15) is 47.6 Å². The first-order chi connectivity index (χ1) is 20.2. The van der Waals surface area contributed by atoms with Gasteiger partial charge in [0.15, 0.2) is 5.82 Å². The molecule has 3 N–H and O–H groups in total. The highest BCUT2D eigenvalue weighted by Gasteiger charge is 2.24. The van der Waals surface area contributed by atoms with Gasteiger partial charge in [0.2, 0.25) is 11.9 Å². The van der Waals surface area contributed by atoms with Crippen LogP contribution in [0.2, 0.25) is 5.02 Å². The molecular formula is C29H25ClF2N6O4. The monoisotopic (exact) mass is 594 g/mol. The summed E-state index contributed by atoms with van der Waals surface area (Å²) in [5.41, 5.74) is 2.13. The third-order valence-electron chi connectivity index (χ3n) is 6.75.